The van der Waals surface area contributed by atoms with Gasteiger partial charge in [0.15, 0.2) is 5.75 Å². The first kappa shape index (κ1) is 11.2. The Bertz CT molecular complexity index is 593. The summed E-state index contributed by atoms with van der Waals surface area (Å²) in [5.74, 6) is 0.749. The Morgan fingerprint density at radius 2 is 2.12 bits per heavy atom. The van der Waals surface area contributed by atoms with Crippen molar-refractivity contribution < 1.29 is 4.74 Å². The fourth-order valence-electron chi connectivity index (χ4n) is 1.27. The van der Waals surface area contributed by atoms with Gasteiger partial charge >= 0.3 is 0 Å². The Morgan fingerprint density at radius 1 is 1.29 bits per heavy atom. The quantitative estimate of drug-likeness (QED) is 0.826. The molecule has 0 unspecified atom stereocenters. The summed E-state index contributed by atoms with van der Waals surface area (Å²) in [6.45, 7) is 0. The highest BCUT2D eigenvalue weighted by Gasteiger charge is 2.07. The fraction of sp³-hybridized carbons (Fsp3) is 0. The van der Waals surface area contributed by atoms with Crippen LogP contribution in [0.1, 0.15) is 5.56 Å². The van der Waals surface area contributed by atoms with Crippen LogP contribution in [0.5, 0.6) is 11.5 Å². The molecule has 4 nitrogen and oxygen atoms in total. The number of nitriles is 1. The van der Waals surface area contributed by atoms with Gasteiger partial charge in [-0.25, -0.2) is 0 Å². The first-order valence-corrected chi connectivity index (χ1v) is 5.15. The molecule has 0 spiro atoms. The number of ether oxygens (including phenoxy) is 1. The third-order valence-corrected chi connectivity index (χ3v) is 2.39. The molecule has 2 rings (SSSR count). The van der Waals surface area contributed by atoms with Gasteiger partial charge in [-0.2, -0.15) is 5.26 Å². The molecule has 0 aliphatic carbocycles. The maximum absolute atomic E-state index is 8.90. The van der Waals surface area contributed by atoms with E-state index in [0.29, 0.717) is 27.8 Å². The standard InChI is InChI=1S/C12H8ClN3O/c13-10-2-1-9(15)5-11(10)17-12-7-16-4-3-8(12)6-14/h1-5,7H,15H2. The molecule has 0 atom stereocenters. The maximum Gasteiger partial charge on any atom is 0.163 e. The van der Waals surface area contributed by atoms with Gasteiger partial charge in [-0.3, -0.25) is 4.98 Å². The molecule has 0 amide bonds. The number of hydrogen-bond acceptors (Lipinski definition) is 4. The number of anilines is 1. The second-order valence-corrected chi connectivity index (χ2v) is 3.68. The SMILES string of the molecule is N#Cc1ccncc1Oc1cc(N)ccc1Cl. The molecule has 2 aromatic rings. The first-order valence-electron chi connectivity index (χ1n) is 4.77. The predicted octanol–water partition coefficient (Wildman–Crippen LogP) is 2.98. The smallest absolute Gasteiger partial charge is 0.163 e. The predicted molar refractivity (Wildman–Crippen MR) is 64.9 cm³/mol. The normalized spacial score (nSPS) is 9.65. The number of pyridine rings is 1. The molecule has 0 fully saturated rings. The van der Waals surface area contributed by atoms with E-state index in [-0.39, 0.29) is 0 Å². The van der Waals surface area contributed by atoms with Gasteiger partial charge in [-0.15, -0.1) is 0 Å². The lowest BCUT2D eigenvalue weighted by atomic mass is 10.2. The minimum atomic E-state index is 0.350. The number of hydrogen-bond donors (Lipinski definition) is 1. The lowest BCUT2D eigenvalue weighted by molar-refractivity contribution is 0.479. The van der Waals surface area contributed by atoms with Crippen LogP contribution in [0.15, 0.2) is 36.7 Å². The van der Waals surface area contributed by atoms with E-state index in [9.17, 15) is 0 Å². The van der Waals surface area contributed by atoms with Crippen molar-refractivity contribution in [3.05, 3.63) is 47.2 Å². The third kappa shape index (κ3) is 2.47. The highest BCUT2D eigenvalue weighted by molar-refractivity contribution is 6.32. The van der Waals surface area contributed by atoms with Gasteiger partial charge in [0, 0.05) is 18.0 Å². The second-order valence-electron chi connectivity index (χ2n) is 3.28. The van der Waals surface area contributed by atoms with Gasteiger partial charge < -0.3 is 10.5 Å². The minimum absolute atomic E-state index is 0.350. The minimum Gasteiger partial charge on any atom is -0.453 e. The van der Waals surface area contributed by atoms with E-state index >= 15 is 0 Å². The molecule has 1 aromatic heterocycles. The van der Waals surface area contributed by atoms with Crippen LogP contribution in [-0.4, -0.2) is 4.98 Å². The zero-order valence-corrected chi connectivity index (χ0v) is 9.48. The van der Waals surface area contributed by atoms with Gasteiger partial charge in [-0.05, 0) is 18.2 Å². The molecule has 0 aliphatic rings. The van der Waals surface area contributed by atoms with Crippen molar-refractivity contribution in [1.82, 2.24) is 4.98 Å². The summed E-state index contributed by atoms with van der Waals surface area (Å²) in [5.41, 5.74) is 6.55. The maximum atomic E-state index is 8.90. The molecule has 2 N–H and O–H groups in total. The fourth-order valence-corrected chi connectivity index (χ4v) is 1.43. The van der Waals surface area contributed by atoms with E-state index in [2.05, 4.69) is 4.98 Å². The molecule has 0 saturated heterocycles. The number of nitrogen functional groups attached to an aromatic ring is 1. The number of rotatable bonds is 2. The highest BCUT2D eigenvalue weighted by atomic mass is 35.5. The molecular weight excluding hydrogens is 238 g/mol. The van der Waals surface area contributed by atoms with Crippen molar-refractivity contribution in [2.24, 2.45) is 0 Å². The van der Waals surface area contributed by atoms with Crippen LogP contribution < -0.4 is 10.5 Å². The molecule has 0 saturated carbocycles. The monoisotopic (exact) mass is 245 g/mol. The largest absolute Gasteiger partial charge is 0.453 e. The lowest BCUT2D eigenvalue weighted by Gasteiger charge is -2.08. The highest BCUT2D eigenvalue weighted by Crippen LogP contribution is 2.31. The topological polar surface area (TPSA) is 71.9 Å². The van der Waals surface area contributed by atoms with Gasteiger partial charge in [0.05, 0.1) is 16.8 Å². The Morgan fingerprint density at radius 3 is 2.88 bits per heavy atom. The summed E-state index contributed by atoms with van der Waals surface area (Å²) < 4.78 is 5.52. The van der Waals surface area contributed by atoms with E-state index in [1.54, 1.807) is 24.3 Å². The van der Waals surface area contributed by atoms with E-state index in [4.69, 9.17) is 27.3 Å². The molecule has 1 heterocycles. The number of aromatic nitrogens is 1. The average molecular weight is 246 g/mol. The van der Waals surface area contributed by atoms with Crippen molar-refractivity contribution in [3.8, 4) is 17.6 Å². The van der Waals surface area contributed by atoms with E-state index in [1.165, 1.54) is 12.4 Å². The summed E-state index contributed by atoms with van der Waals surface area (Å²) in [5, 5.41) is 9.33. The van der Waals surface area contributed by atoms with Crippen molar-refractivity contribution in [1.29, 1.82) is 5.26 Å². The summed E-state index contributed by atoms with van der Waals surface area (Å²) in [6, 6.07) is 8.47. The lowest BCUT2D eigenvalue weighted by Crippen LogP contribution is -1.92. The van der Waals surface area contributed by atoms with Crippen molar-refractivity contribution in [3.63, 3.8) is 0 Å². The van der Waals surface area contributed by atoms with Crippen LogP contribution in [-0.2, 0) is 0 Å². The van der Waals surface area contributed by atoms with E-state index < -0.39 is 0 Å². The summed E-state index contributed by atoms with van der Waals surface area (Å²) in [4.78, 5) is 3.89. The van der Waals surface area contributed by atoms with Crippen LogP contribution in [0.2, 0.25) is 5.02 Å². The molecular formula is C12H8ClN3O. The molecule has 5 heteroatoms. The third-order valence-electron chi connectivity index (χ3n) is 2.08. The van der Waals surface area contributed by atoms with Crippen LogP contribution >= 0.6 is 11.6 Å². The van der Waals surface area contributed by atoms with Gasteiger partial charge in [0.25, 0.3) is 0 Å². The number of nitrogens with zero attached hydrogens (tertiary/aromatic N) is 2. The second kappa shape index (κ2) is 4.73. The molecule has 0 radical (unpaired) electrons. The summed E-state index contributed by atoms with van der Waals surface area (Å²) in [6.07, 6.45) is 2.98. The van der Waals surface area contributed by atoms with Crippen LogP contribution in [0, 0.1) is 11.3 Å². The van der Waals surface area contributed by atoms with E-state index in [1.807, 2.05) is 6.07 Å². The molecule has 17 heavy (non-hydrogen) atoms. The molecule has 0 aliphatic heterocycles. The van der Waals surface area contributed by atoms with Crippen LogP contribution in [0.3, 0.4) is 0 Å². The Labute approximate surface area is 103 Å². The van der Waals surface area contributed by atoms with Crippen LogP contribution in [0.4, 0.5) is 5.69 Å². The first-order chi connectivity index (χ1) is 8.20. The van der Waals surface area contributed by atoms with Gasteiger partial charge in [0.1, 0.15) is 11.8 Å². The van der Waals surface area contributed by atoms with Crippen molar-refractivity contribution in [2.45, 2.75) is 0 Å². The number of benzene rings is 1. The van der Waals surface area contributed by atoms with Gasteiger partial charge in [-0.1, -0.05) is 11.6 Å². The average Bonchev–Trinajstić information content (AvgIpc) is 2.34. The van der Waals surface area contributed by atoms with E-state index in [0.717, 1.165) is 0 Å². The summed E-state index contributed by atoms with van der Waals surface area (Å²) >= 11 is 5.96. The zero-order valence-electron chi connectivity index (χ0n) is 8.72. The number of halogens is 1. The molecule has 1 aromatic carbocycles. The zero-order chi connectivity index (χ0) is 12.3. The number of nitrogens with two attached hydrogens (primary N) is 1. The molecule has 84 valence electrons. The Balaban J connectivity index is 2.38. The Kier molecular flexibility index (Phi) is 3.12. The van der Waals surface area contributed by atoms with Gasteiger partial charge in [0.2, 0.25) is 0 Å². The summed E-state index contributed by atoms with van der Waals surface area (Å²) in [7, 11) is 0. The Hall–Kier alpha value is -2.25. The molecule has 0 bridgehead atoms. The van der Waals surface area contributed by atoms with Crippen molar-refractivity contribution in [2.75, 3.05) is 5.73 Å². The van der Waals surface area contributed by atoms with Crippen LogP contribution in [0.25, 0.3) is 0 Å². The van der Waals surface area contributed by atoms with Crippen molar-refractivity contribution >= 4 is 17.3 Å².